The molecule has 28 heavy (non-hydrogen) atoms. The average molecular weight is 413 g/mol. The first-order chi connectivity index (χ1) is 13.3. The molecule has 0 aliphatic rings. The van der Waals surface area contributed by atoms with E-state index < -0.39 is 10.0 Å². The van der Waals surface area contributed by atoms with E-state index in [1.807, 2.05) is 39.0 Å². The lowest BCUT2D eigenvalue weighted by atomic mass is 10.1. The fraction of sp³-hybridized carbons (Fsp3) is 0.650. The summed E-state index contributed by atoms with van der Waals surface area (Å²) in [5, 5.41) is 6.30. The lowest BCUT2D eigenvalue weighted by Gasteiger charge is -2.20. The van der Waals surface area contributed by atoms with Gasteiger partial charge in [-0.25, -0.2) is 12.7 Å². The first-order valence-corrected chi connectivity index (χ1v) is 11.6. The molecule has 0 saturated heterocycles. The molecule has 7 nitrogen and oxygen atoms in total. The van der Waals surface area contributed by atoms with Crippen molar-refractivity contribution in [1.29, 1.82) is 0 Å². The van der Waals surface area contributed by atoms with E-state index in [0.29, 0.717) is 32.1 Å². The van der Waals surface area contributed by atoms with Crippen LogP contribution in [0.1, 0.15) is 45.2 Å². The van der Waals surface area contributed by atoms with Crippen molar-refractivity contribution in [3.05, 3.63) is 29.3 Å². The Morgan fingerprint density at radius 3 is 2.46 bits per heavy atom. The standard InChI is InChI=1S/C20H36N4O3S/c1-7-17(5)27-19-14-16(4)10-11-18(19)15-23-20(21-6)22-12-13-28(25,26)24(8-2)9-3/h10-11,14,17H,7-9,12-13,15H2,1-6H3,(H2,21,22,23). The quantitative estimate of drug-likeness (QED) is 0.431. The average Bonchev–Trinajstić information content (AvgIpc) is 2.66. The number of hydrogen-bond donors (Lipinski definition) is 2. The second-order valence-electron chi connectivity index (χ2n) is 6.70. The zero-order valence-corrected chi connectivity index (χ0v) is 18.9. The Balaban J connectivity index is 2.66. The van der Waals surface area contributed by atoms with Gasteiger partial charge in [-0.05, 0) is 31.9 Å². The van der Waals surface area contributed by atoms with E-state index in [-0.39, 0.29) is 11.9 Å². The smallest absolute Gasteiger partial charge is 0.215 e. The third kappa shape index (κ3) is 7.67. The maximum Gasteiger partial charge on any atom is 0.215 e. The normalized spacial score (nSPS) is 13.5. The Hall–Kier alpha value is -1.80. The fourth-order valence-electron chi connectivity index (χ4n) is 2.66. The molecule has 1 aromatic rings. The van der Waals surface area contributed by atoms with Crippen LogP contribution in [0, 0.1) is 6.92 Å². The second kappa shape index (κ2) is 11.9. The van der Waals surface area contributed by atoms with Crippen LogP contribution in [0.5, 0.6) is 5.75 Å². The summed E-state index contributed by atoms with van der Waals surface area (Å²) in [6, 6.07) is 6.13. The van der Waals surface area contributed by atoms with Crippen molar-refractivity contribution in [2.24, 2.45) is 4.99 Å². The van der Waals surface area contributed by atoms with Gasteiger partial charge in [-0.1, -0.05) is 32.9 Å². The van der Waals surface area contributed by atoms with E-state index in [9.17, 15) is 8.42 Å². The van der Waals surface area contributed by atoms with E-state index in [0.717, 1.165) is 23.3 Å². The summed E-state index contributed by atoms with van der Waals surface area (Å²) in [7, 11) is -1.59. The molecular formula is C20H36N4O3S. The molecule has 1 aromatic carbocycles. The Kier molecular flexibility index (Phi) is 10.3. The molecule has 1 atom stereocenters. The SMILES string of the molecule is CCC(C)Oc1cc(C)ccc1CNC(=NC)NCCS(=O)(=O)N(CC)CC. The van der Waals surface area contributed by atoms with Crippen LogP contribution in [-0.4, -0.2) is 57.2 Å². The van der Waals surface area contributed by atoms with Crippen molar-refractivity contribution in [3.63, 3.8) is 0 Å². The van der Waals surface area contributed by atoms with Crippen LogP contribution >= 0.6 is 0 Å². The highest BCUT2D eigenvalue weighted by atomic mass is 32.2. The number of sulfonamides is 1. The summed E-state index contributed by atoms with van der Waals surface area (Å²) in [5.74, 6) is 1.45. The molecule has 0 spiro atoms. The van der Waals surface area contributed by atoms with Gasteiger partial charge < -0.3 is 15.4 Å². The molecule has 8 heteroatoms. The Morgan fingerprint density at radius 2 is 1.89 bits per heavy atom. The summed E-state index contributed by atoms with van der Waals surface area (Å²) in [5.41, 5.74) is 2.18. The zero-order chi connectivity index (χ0) is 21.2. The number of nitrogens with zero attached hydrogens (tertiary/aromatic N) is 2. The van der Waals surface area contributed by atoms with E-state index in [2.05, 4.69) is 29.5 Å². The summed E-state index contributed by atoms with van der Waals surface area (Å²) in [4.78, 5) is 4.18. The Labute approximate surface area is 170 Å². The minimum absolute atomic E-state index is 0.0300. The topological polar surface area (TPSA) is 83.0 Å². The molecule has 0 radical (unpaired) electrons. The van der Waals surface area contributed by atoms with Crippen LogP contribution in [0.15, 0.2) is 23.2 Å². The molecule has 1 unspecified atom stereocenters. The second-order valence-corrected chi connectivity index (χ2v) is 8.79. The van der Waals surface area contributed by atoms with Gasteiger partial charge in [0, 0.05) is 38.8 Å². The lowest BCUT2D eigenvalue weighted by molar-refractivity contribution is 0.215. The summed E-state index contributed by atoms with van der Waals surface area (Å²) in [6.07, 6.45) is 1.08. The highest BCUT2D eigenvalue weighted by molar-refractivity contribution is 7.89. The number of rotatable bonds is 11. The van der Waals surface area contributed by atoms with E-state index >= 15 is 0 Å². The largest absolute Gasteiger partial charge is 0.490 e. The Morgan fingerprint density at radius 1 is 1.21 bits per heavy atom. The first kappa shape index (κ1) is 24.2. The molecule has 1 rings (SSSR count). The van der Waals surface area contributed by atoms with Crippen LogP contribution < -0.4 is 15.4 Å². The molecule has 0 saturated carbocycles. The third-order valence-corrected chi connectivity index (χ3v) is 6.57. The molecule has 0 heterocycles. The summed E-state index contributed by atoms with van der Waals surface area (Å²) in [6.45, 7) is 11.7. The van der Waals surface area contributed by atoms with Gasteiger partial charge >= 0.3 is 0 Å². The fourth-order valence-corrected chi connectivity index (χ4v) is 4.07. The van der Waals surface area contributed by atoms with Crippen molar-refractivity contribution >= 4 is 16.0 Å². The van der Waals surface area contributed by atoms with Crippen LogP contribution in [0.3, 0.4) is 0 Å². The van der Waals surface area contributed by atoms with Crippen molar-refractivity contribution < 1.29 is 13.2 Å². The van der Waals surface area contributed by atoms with E-state index in [1.165, 1.54) is 4.31 Å². The van der Waals surface area contributed by atoms with Crippen molar-refractivity contribution in [3.8, 4) is 5.75 Å². The minimum atomic E-state index is -3.25. The molecule has 2 N–H and O–H groups in total. The molecule has 0 aliphatic heterocycles. The summed E-state index contributed by atoms with van der Waals surface area (Å²) >= 11 is 0. The number of aryl methyl sites for hydroxylation is 1. The minimum Gasteiger partial charge on any atom is -0.490 e. The van der Waals surface area contributed by atoms with Crippen LogP contribution in [0.25, 0.3) is 0 Å². The molecule has 0 aliphatic carbocycles. The van der Waals surface area contributed by atoms with Gasteiger partial charge in [0.1, 0.15) is 5.75 Å². The van der Waals surface area contributed by atoms with Gasteiger partial charge in [0.25, 0.3) is 0 Å². The molecule has 0 bridgehead atoms. The van der Waals surface area contributed by atoms with Crippen LogP contribution in [0.4, 0.5) is 0 Å². The van der Waals surface area contributed by atoms with Gasteiger partial charge in [-0.3, -0.25) is 4.99 Å². The lowest BCUT2D eigenvalue weighted by Crippen LogP contribution is -2.41. The van der Waals surface area contributed by atoms with Gasteiger partial charge in [-0.15, -0.1) is 0 Å². The number of nitrogens with one attached hydrogen (secondary N) is 2. The first-order valence-electron chi connectivity index (χ1n) is 9.95. The zero-order valence-electron chi connectivity index (χ0n) is 18.1. The third-order valence-electron chi connectivity index (χ3n) is 4.55. The number of benzene rings is 1. The predicted octanol–water partition coefficient (Wildman–Crippen LogP) is 2.51. The molecular weight excluding hydrogens is 376 g/mol. The monoisotopic (exact) mass is 412 g/mol. The number of ether oxygens (including phenoxy) is 1. The number of guanidine groups is 1. The van der Waals surface area contributed by atoms with Crippen molar-refractivity contribution in [2.45, 2.75) is 53.7 Å². The Bertz CT molecular complexity index is 731. The van der Waals surface area contributed by atoms with Crippen molar-refractivity contribution in [1.82, 2.24) is 14.9 Å². The molecule has 0 amide bonds. The van der Waals surface area contributed by atoms with Gasteiger partial charge in [0.05, 0.1) is 11.9 Å². The molecule has 160 valence electrons. The predicted molar refractivity (Wildman–Crippen MR) is 116 cm³/mol. The maximum atomic E-state index is 12.3. The van der Waals surface area contributed by atoms with E-state index in [1.54, 1.807) is 7.05 Å². The molecule has 0 fully saturated rings. The van der Waals surface area contributed by atoms with Crippen LogP contribution in [-0.2, 0) is 16.6 Å². The summed E-state index contributed by atoms with van der Waals surface area (Å²) < 4.78 is 32.0. The highest BCUT2D eigenvalue weighted by Crippen LogP contribution is 2.22. The molecule has 0 aromatic heterocycles. The van der Waals surface area contributed by atoms with E-state index in [4.69, 9.17) is 4.74 Å². The number of hydrogen-bond acceptors (Lipinski definition) is 4. The highest BCUT2D eigenvalue weighted by Gasteiger charge is 2.18. The van der Waals surface area contributed by atoms with Crippen molar-refractivity contribution in [2.75, 3.05) is 32.4 Å². The number of aliphatic imine (C=N–C) groups is 1. The van der Waals surface area contributed by atoms with Crippen LogP contribution in [0.2, 0.25) is 0 Å². The van der Waals surface area contributed by atoms with Gasteiger partial charge in [0.15, 0.2) is 5.96 Å². The van der Waals surface area contributed by atoms with Gasteiger partial charge in [-0.2, -0.15) is 0 Å². The van der Waals surface area contributed by atoms with Gasteiger partial charge in [0.2, 0.25) is 10.0 Å². The maximum absolute atomic E-state index is 12.3.